The maximum Gasteiger partial charge on any atom is 0.251 e. The summed E-state index contributed by atoms with van der Waals surface area (Å²) in [5.74, 6) is -0.741. The highest BCUT2D eigenvalue weighted by Crippen LogP contribution is 2.64. The maximum absolute atomic E-state index is 12.4. The number of nitrogens with two attached hydrogens (primary N) is 1. The first-order chi connectivity index (χ1) is 10.3. The molecule has 3 rings (SSSR count). The van der Waals surface area contributed by atoms with Crippen molar-refractivity contribution in [1.82, 2.24) is 0 Å². The second kappa shape index (κ2) is 5.39. The van der Waals surface area contributed by atoms with E-state index in [-0.39, 0.29) is 5.91 Å². The summed E-state index contributed by atoms with van der Waals surface area (Å²) in [6.07, 6.45) is 5.48. The average Bonchev–Trinajstić information content (AvgIpc) is 2.88. The third-order valence-electron chi connectivity index (χ3n) is 4.65. The monoisotopic (exact) mass is 360 g/mol. The third-order valence-corrected chi connectivity index (χ3v) is 6.96. The van der Waals surface area contributed by atoms with Gasteiger partial charge in [0.1, 0.15) is 9.33 Å². The summed E-state index contributed by atoms with van der Waals surface area (Å²) in [5.41, 5.74) is 6.21. The lowest BCUT2D eigenvalue weighted by Crippen LogP contribution is -2.27. The van der Waals surface area contributed by atoms with Gasteiger partial charge in [-0.1, -0.05) is 6.42 Å². The van der Waals surface area contributed by atoms with Gasteiger partial charge < -0.3 is 11.1 Å². The Balaban J connectivity index is 1.91. The van der Waals surface area contributed by atoms with Crippen LogP contribution in [0.4, 0.5) is 5.00 Å². The Hall–Kier alpha value is -0.780. The van der Waals surface area contributed by atoms with Gasteiger partial charge in [-0.05, 0) is 44.6 Å². The number of fused-ring (bicyclic) bond motifs is 1. The Morgan fingerprint density at radius 3 is 2.45 bits per heavy atom. The number of thiophene rings is 1. The largest absolute Gasteiger partial charge is 0.365 e. The number of nitrogens with one attached hydrogen (secondary N) is 1. The van der Waals surface area contributed by atoms with Crippen LogP contribution < -0.4 is 11.1 Å². The fourth-order valence-electron chi connectivity index (χ4n) is 2.98. The fraction of sp³-hybridized carbons (Fsp3) is 0.600. The van der Waals surface area contributed by atoms with E-state index in [9.17, 15) is 9.59 Å². The summed E-state index contributed by atoms with van der Waals surface area (Å²) in [6.45, 7) is 1.73. The zero-order chi connectivity index (χ0) is 16.1. The maximum atomic E-state index is 12.4. The summed E-state index contributed by atoms with van der Waals surface area (Å²) in [7, 11) is 0. The van der Waals surface area contributed by atoms with E-state index in [1.54, 1.807) is 6.92 Å². The molecule has 0 bridgehead atoms. The van der Waals surface area contributed by atoms with Gasteiger partial charge in [-0.15, -0.1) is 34.5 Å². The highest BCUT2D eigenvalue weighted by atomic mass is 35.5. The number of alkyl halides is 2. The lowest BCUT2D eigenvalue weighted by Gasteiger charge is -2.12. The normalized spacial score (nSPS) is 26.0. The van der Waals surface area contributed by atoms with Crippen molar-refractivity contribution in [3.8, 4) is 0 Å². The number of rotatable bonds is 3. The zero-order valence-corrected chi connectivity index (χ0v) is 14.6. The number of hydrogen-bond donors (Lipinski definition) is 2. The molecule has 1 saturated carbocycles. The van der Waals surface area contributed by atoms with Gasteiger partial charge in [0, 0.05) is 4.88 Å². The van der Waals surface area contributed by atoms with Crippen LogP contribution in [0.25, 0.3) is 0 Å². The first-order valence-electron chi connectivity index (χ1n) is 7.40. The van der Waals surface area contributed by atoms with Crippen molar-refractivity contribution in [3.05, 3.63) is 16.0 Å². The van der Waals surface area contributed by atoms with Gasteiger partial charge in [0.2, 0.25) is 5.91 Å². The minimum atomic E-state index is -1.03. The predicted molar refractivity (Wildman–Crippen MR) is 89.9 cm³/mol. The minimum Gasteiger partial charge on any atom is -0.365 e. The molecule has 0 radical (unpaired) electrons. The molecule has 2 amide bonds. The van der Waals surface area contributed by atoms with Crippen LogP contribution in [0, 0.1) is 5.41 Å². The van der Waals surface area contributed by atoms with E-state index in [2.05, 4.69) is 5.32 Å². The molecule has 0 aromatic carbocycles. The van der Waals surface area contributed by atoms with E-state index >= 15 is 0 Å². The quantitative estimate of drug-likeness (QED) is 0.637. The summed E-state index contributed by atoms with van der Waals surface area (Å²) in [6, 6.07) is 0. The molecule has 0 saturated heterocycles. The van der Waals surface area contributed by atoms with Crippen LogP contribution >= 0.6 is 34.5 Å². The number of carbonyl (C=O) groups is 2. The fourth-order valence-corrected chi connectivity index (χ4v) is 4.97. The highest BCUT2D eigenvalue weighted by Gasteiger charge is 2.68. The van der Waals surface area contributed by atoms with E-state index in [1.165, 1.54) is 11.3 Å². The van der Waals surface area contributed by atoms with Gasteiger partial charge in [0.15, 0.2) is 0 Å². The van der Waals surface area contributed by atoms with Gasteiger partial charge in [0.25, 0.3) is 5.91 Å². The second-order valence-corrected chi connectivity index (χ2v) is 8.89. The number of aryl methyl sites for hydroxylation is 1. The number of hydrogen-bond acceptors (Lipinski definition) is 3. The lowest BCUT2D eigenvalue weighted by molar-refractivity contribution is -0.120. The molecule has 7 heteroatoms. The molecule has 0 aliphatic heterocycles. The number of primary amides is 1. The van der Waals surface area contributed by atoms with Gasteiger partial charge in [-0.3, -0.25) is 9.59 Å². The summed E-state index contributed by atoms with van der Waals surface area (Å²) >= 11 is 13.6. The molecule has 120 valence electrons. The Labute approximate surface area is 143 Å². The Kier molecular flexibility index (Phi) is 3.94. The summed E-state index contributed by atoms with van der Waals surface area (Å²) in [4.78, 5) is 25.5. The van der Waals surface area contributed by atoms with Gasteiger partial charge >= 0.3 is 0 Å². The van der Waals surface area contributed by atoms with Crippen molar-refractivity contribution in [2.24, 2.45) is 11.1 Å². The standard InChI is InChI=1S/C15H18Cl2N2O2S/c1-14(7-15(14,16)17)13(21)19-12-10(11(18)20)8-5-3-2-4-6-9(8)22-12/h2-7H2,1H3,(H2,18,20)(H,19,21)/t14-/m1/s1. The molecule has 1 aromatic rings. The molecule has 2 aliphatic rings. The van der Waals surface area contributed by atoms with Crippen molar-refractivity contribution in [2.75, 3.05) is 5.32 Å². The number of carbonyl (C=O) groups excluding carboxylic acids is 2. The molecule has 4 nitrogen and oxygen atoms in total. The Morgan fingerprint density at radius 2 is 1.86 bits per heavy atom. The number of halogens is 2. The second-order valence-electron chi connectivity index (χ2n) is 6.30. The van der Waals surface area contributed by atoms with Crippen LogP contribution in [0.3, 0.4) is 0 Å². The first kappa shape index (κ1) is 16.1. The molecule has 2 aliphatic carbocycles. The Morgan fingerprint density at radius 1 is 1.23 bits per heavy atom. The van der Waals surface area contributed by atoms with Crippen molar-refractivity contribution in [2.45, 2.75) is 49.8 Å². The topological polar surface area (TPSA) is 72.2 Å². The predicted octanol–water partition coefficient (Wildman–Crippen LogP) is 3.64. The van der Waals surface area contributed by atoms with Crippen LogP contribution in [-0.2, 0) is 17.6 Å². The third kappa shape index (κ3) is 2.53. The van der Waals surface area contributed by atoms with Crippen LogP contribution in [0.5, 0.6) is 0 Å². The molecule has 22 heavy (non-hydrogen) atoms. The van der Waals surface area contributed by atoms with E-state index in [4.69, 9.17) is 28.9 Å². The molecule has 3 N–H and O–H groups in total. The summed E-state index contributed by atoms with van der Waals surface area (Å²) < 4.78 is -1.03. The Bertz CT molecular complexity index is 656. The van der Waals surface area contributed by atoms with Crippen molar-refractivity contribution >= 4 is 51.4 Å². The van der Waals surface area contributed by atoms with E-state index in [1.807, 2.05) is 0 Å². The van der Waals surface area contributed by atoms with Crippen LogP contribution in [0.2, 0.25) is 0 Å². The smallest absolute Gasteiger partial charge is 0.251 e. The van der Waals surface area contributed by atoms with Gasteiger partial charge in [0.05, 0.1) is 11.0 Å². The van der Waals surface area contributed by atoms with Gasteiger partial charge in [-0.2, -0.15) is 0 Å². The van der Waals surface area contributed by atoms with E-state index < -0.39 is 15.7 Å². The van der Waals surface area contributed by atoms with Crippen molar-refractivity contribution in [1.29, 1.82) is 0 Å². The summed E-state index contributed by atoms with van der Waals surface area (Å²) in [5, 5.41) is 3.38. The van der Waals surface area contributed by atoms with E-state index in [0.717, 1.165) is 42.5 Å². The number of amides is 2. The van der Waals surface area contributed by atoms with Crippen LogP contribution in [-0.4, -0.2) is 16.1 Å². The van der Waals surface area contributed by atoms with Crippen LogP contribution in [0.1, 0.15) is 53.4 Å². The van der Waals surface area contributed by atoms with Crippen molar-refractivity contribution < 1.29 is 9.59 Å². The molecule has 1 aromatic heterocycles. The molecular formula is C15H18Cl2N2O2S. The van der Waals surface area contributed by atoms with Gasteiger partial charge in [-0.25, -0.2) is 0 Å². The number of anilines is 1. The van der Waals surface area contributed by atoms with Crippen LogP contribution in [0.15, 0.2) is 0 Å². The zero-order valence-electron chi connectivity index (χ0n) is 12.3. The van der Waals surface area contributed by atoms with Crippen molar-refractivity contribution in [3.63, 3.8) is 0 Å². The molecule has 0 spiro atoms. The molecule has 1 heterocycles. The average molecular weight is 361 g/mol. The van der Waals surface area contributed by atoms with E-state index in [0.29, 0.717) is 17.0 Å². The first-order valence-corrected chi connectivity index (χ1v) is 8.97. The molecule has 0 unspecified atom stereocenters. The molecule has 1 fully saturated rings. The SMILES string of the molecule is C[C@]1(C(=O)Nc2sc3c(c2C(N)=O)CCCCC3)CC1(Cl)Cl. The highest BCUT2D eigenvalue weighted by molar-refractivity contribution is 7.17. The minimum absolute atomic E-state index is 0.253. The molecule has 1 atom stereocenters. The lowest BCUT2D eigenvalue weighted by atomic mass is 10.0. The molecular weight excluding hydrogens is 343 g/mol.